The first-order chi connectivity index (χ1) is 9.31. The number of unbranched alkanes of at least 4 members (excludes halogenated alkanes) is 1. The molecule has 0 fully saturated rings. The fraction of sp³-hybridized carbons (Fsp3) is 0.500. The SMILES string of the molecule is C=CCCCOc1cc(OC)ccc1CNCCC. The van der Waals surface area contributed by atoms with E-state index in [1.54, 1.807) is 7.11 Å². The molecule has 3 heteroatoms. The van der Waals surface area contributed by atoms with Crippen molar-refractivity contribution in [1.82, 2.24) is 5.32 Å². The van der Waals surface area contributed by atoms with Crippen molar-refractivity contribution in [2.45, 2.75) is 32.7 Å². The van der Waals surface area contributed by atoms with Gasteiger partial charge in [0.1, 0.15) is 11.5 Å². The van der Waals surface area contributed by atoms with E-state index in [-0.39, 0.29) is 0 Å². The smallest absolute Gasteiger partial charge is 0.127 e. The van der Waals surface area contributed by atoms with Crippen LogP contribution in [-0.4, -0.2) is 20.3 Å². The van der Waals surface area contributed by atoms with Crippen molar-refractivity contribution < 1.29 is 9.47 Å². The first kappa shape index (κ1) is 15.6. The van der Waals surface area contributed by atoms with E-state index >= 15 is 0 Å². The van der Waals surface area contributed by atoms with Crippen molar-refractivity contribution >= 4 is 0 Å². The molecule has 0 aliphatic carbocycles. The van der Waals surface area contributed by atoms with Crippen molar-refractivity contribution in [3.05, 3.63) is 36.4 Å². The molecule has 0 unspecified atom stereocenters. The average Bonchev–Trinajstić information content (AvgIpc) is 2.45. The summed E-state index contributed by atoms with van der Waals surface area (Å²) in [5, 5.41) is 3.39. The molecule has 0 spiro atoms. The van der Waals surface area contributed by atoms with Gasteiger partial charge in [-0.25, -0.2) is 0 Å². The average molecular weight is 263 g/mol. The number of benzene rings is 1. The van der Waals surface area contributed by atoms with E-state index in [0.717, 1.165) is 43.9 Å². The second kappa shape index (κ2) is 9.45. The number of nitrogens with one attached hydrogen (secondary N) is 1. The topological polar surface area (TPSA) is 30.5 Å². The molecule has 0 radical (unpaired) electrons. The zero-order valence-electron chi connectivity index (χ0n) is 12.1. The van der Waals surface area contributed by atoms with Gasteiger partial charge in [0.25, 0.3) is 0 Å². The quantitative estimate of drug-likeness (QED) is 0.517. The summed E-state index contributed by atoms with van der Waals surface area (Å²) in [5.41, 5.74) is 1.17. The number of methoxy groups -OCH3 is 1. The van der Waals surface area contributed by atoms with Crippen LogP contribution in [0.25, 0.3) is 0 Å². The summed E-state index contributed by atoms with van der Waals surface area (Å²) >= 11 is 0. The highest BCUT2D eigenvalue weighted by Crippen LogP contribution is 2.25. The van der Waals surface area contributed by atoms with Crippen LogP contribution < -0.4 is 14.8 Å². The Labute approximate surface area is 116 Å². The Balaban J connectivity index is 2.63. The predicted octanol–water partition coefficient (Wildman–Crippen LogP) is 3.54. The minimum Gasteiger partial charge on any atom is -0.497 e. The Morgan fingerprint density at radius 1 is 1.37 bits per heavy atom. The summed E-state index contributed by atoms with van der Waals surface area (Å²) in [5.74, 6) is 1.74. The van der Waals surface area contributed by atoms with E-state index in [0.29, 0.717) is 6.61 Å². The van der Waals surface area contributed by atoms with E-state index in [4.69, 9.17) is 9.47 Å². The number of hydrogen-bond donors (Lipinski definition) is 1. The van der Waals surface area contributed by atoms with Crippen molar-refractivity contribution in [3.8, 4) is 11.5 Å². The molecule has 0 heterocycles. The van der Waals surface area contributed by atoms with Crippen LogP contribution in [-0.2, 0) is 6.54 Å². The molecule has 0 aliphatic rings. The molecule has 19 heavy (non-hydrogen) atoms. The highest BCUT2D eigenvalue weighted by atomic mass is 16.5. The molecule has 1 aromatic carbocycles. The maximum Gasteiger partial charge on any atom is 0.127 e. The number of allylic oxidation sites excluding steroid dienone is 1. The lowest BCUT2D eigenvalue weighted by Gasteiger charge is -2.13. The molecule has 0 aromatic heterocycles. The van der Waals surface area contributed by atoms with Gasteiger partial charge in [-0.05, 0) is 31.9 Å². The summed E-state index contributed by atoms with van der Waals surface area (Å²) in [4.78, 5) is 0. The first-order valence-corrected chi connectivity index (χ1v) is 6.93. The molecule has 0 amide bonds. The second-order valence-electron chi connectivity index (χ2n) is 4.43. The monoisotopic (exact) mass is 263 g/mol. The van der Waals surface area contributed by atoms with Gasteiger partial charge in [-0.1, -0.05) is 19.1 Å². The Morgan fingerprint density at radius 2 is 2.21 bits per heavy atom. The molecule has 0 bridgehead atoms. The molecular weight excluding hydrogens is 238 g/mol. The second-order valence-corrected chi connectivity index (χ2v) is 4.43. The van der Waals surface area contributed by atoms with Crippen molar-refractivity contribution in [2.75, 3.05) is 20.3 Å². The molecule has 3 nitrogen and oxygen atoms in total. The van der Waals surface area contributed by atoms with E-state index in [2.05, 4.69) is 24.9 Å². The molecule has 1 aromatic rings. The third kappa shape index (κ3) is 5.79. The molecule has 0 atom stereocenters. The minimum atomic E-state index is 0.708. The number of ether oxygens (including phenoxy) is 2. The van der Waals surface area contributed by atoms with Crippen molar-refractivity contribution in [2.24, 2.45) is 0 Å². The van der Waals surface area contributed by atoms with Crippen LogP contribution in [0.15, 0.2) is 30.9 Å². The van der Waals surface area contributed by atoms with E-state index in [1.165, 1.54) is 5.56 Å². The van der Waals surface area contributed by atoms with Gasteiger partial charge in [-0.3, -0.25) is 0 Å². The van der Waals surface area contributed by atoms with Crippen LogP contribution in [0.5, 0.6) is 11.5 Å². The number of hydrogen-bond acceptors (Lipinski definition) is 3. The van der Waals surface area contributed by atoms with Crippen LogP contribution in [0.4, 0.5) is 0 Å². The molecule has 0 aliphatic heterocycles. The summed E-state index contributed by atoms with van der Waals surface area (Å²) in [6.07, 6.45) is 5.01. The maximum atomic E-state index is 5.84. The number of rotatable bonds is 10. The van der Waals surface area contributed by atoms with Crippen LogP contribution in [0.2, 0.25) is 0 Å². The molecule has 0 saturated carbocycles. The summed E-state index contributed by atoms with van der Waals surface area (Å²) in [7, 11) is 1.67. The Hall–Kier alpha value is -1.48. The van der Waals surface area contributed by atoms with E-state index in [1.807, 2.05) is 18.2 Å². The van der Waals surface area contributed by atoms with Gasteiger partial charge in [0.05, 0.1) is 13.7 Å². The summed E-state index contributed by atoms with van der Waals surface area (Å²) in [6.45, 7) is 8.43. The first-order valence-electron chi connectivity index (χ1n) is 6.93. The van der Waals surface area contributed by atoms with Crippen molar-refractivity contribution in [3.63, 3.8) is 0 Å². The Morgan fingerprint density at radius 3 is 2.89 bits per heavy atom. The van der Waals surface area contributed by atoms with E-state index in [9.17, 15) is 0 Å². The fourth-order valence-corrected chi connectivity index (χ4v) is 1.75. The van der Waals surface area contributed by atoms with Crippen LogP contribution in [0.3, 0.4) is 0 Å². The standard InChI is InChI=1S/C16H25NO2/c1-4-6-7-11-19-16-12-15(18-3)9-8-14(16)13-17-10-5-2/h4,8-9,12,17H,1,5-7,10-11,13H2,2-3H3. The largest absolute Gasteiger partial charge is 0.497 e. The van der Waals surface area contributed by atoms with Gasteiger partial charge in [0, 0.05) is 18.2 Å². The van der Waals surface area contributed by atoms with Gasteiger partial charge < -0.3 is 14.8 Å². The maximum absolute atomic E-state index is 5.84. The highest BCUT2D eigenvalue weighted by molar-refractivity contribution is 5.40. The van der Waals surface area contributed by atoms with Gasteiger partial charge in [0.2, 0.25) is 0 Å². The lowest BCUT2D eigenvalue weighted by atomic mass is 10.2. The minimum absolute atomic E-state index is 0.708. The molecular formula is C16H25NO2. The molecule has 106 valence electrons. The van der Waals surface area contributed by atoms with Gasteiger partial charge in [-0.15, -0.1) is 6.58 Å². The molecule has 1 N–H and O–H groups in total. The zero-order valence-corrected chi connectivity index (χ0v) is 12.1. The fourth-order valence-electron chi connectivity index (χ4n) is 1.75. The third-order valence-corrected chi connectivity index (χ3v) is 2.83. The lowest BCUT2D eigenvalue weighted by molar-refractivity contribution is 0.305. The van der Waals surface area contributed by atoms with Crippen LogP contribution in [0.1, 0.15) is 31.7 Å². The predicted molar refractivity (Wildman–Crippen MR) is 79.9 cm³/mol. The Bertz CT molecular complexity index is 377. The molecule has 1 rings (SSSR count). The Kier molecular flexibility index (Phi) is 7.75. The van der Waals surface area contributed by atoms with Crippen LogP contribution >= 0.6 is 0 Å². The highest BCUT2D eigenvalue weighted by Gasteiger charge is 2.05. The third-order valence-electron chi connectivity index (χ3n) is 2.83. The normalized spacial score (nSPS) is 10.2. The molecule has 0 saturated heterocycles. The van der Waals surface area contributed by atoms with Crippen LogP contribution in [0, 0.1) is 0 Å². The van der Waals surface area contributed by atoms with E-state index < -0.39 is 0 Å². The summed E-state index contributed by atoms with van der Waals surface area (Å²) in [6, 6.07) is 5.99. The zero-order chi connectivity index (χ0) is 13.9. The lowest BCUT2D eigenvalue weighted by Crippen LogP contribution is -2.15. The van der Waals surface area contributed by atoms with Gasteiger partial charge in [-0.2, -0.15) is 0 Å². The summed E-state index contributed by atoms with van der Waals surface area (Å²) < 4.78 is 11.1. The van der Waals surface area contributed by atoms with Gasteiger partial charge >= 0.3 is 0 Å². The van der Waals surface area contributed by atoms with Gasteiger partial charge in [0.15, 0.2) is 0 Å². The van der Waals surface area contributed by atoms with Crippen molar-refractivity contribution in [1.29, 1.82) is 0 Å².